The van der Waals surface area contributed by atoms with Crippen molar-refractivity contribution in [1.82, 2.24) is 3.96 Å². The zero-order valence-electron chi connectivity index (χ0n) is 7.94. The van der Waals surface area contributed by atoms with E-state index >= 15 is 0 Å². The fraction of sp³-hybridized carbons (Fsp3) is 0.100. The molecule has 0 fully saturated rings. The Balaban J connectivity index is 2.45. The van der Waals surface area contributed by atoms with Crippen LogP contribution in [0.25, 0.3) is 5.69 Å². The zero-order valence-corrected chi connectivity index (χ0v) is 9.51. The Bertz CT molecular complexity index is 515. The van der Waals surface area contributed by atoms with Crippen molar-refractivity contribution in [2.24, 2.45) is 0 Å². The highest BCUT2D eigenvalue weighted by molar-refractivity contribution is 7.11. The first-order valence-electron chi connectivity index (χ1n) is 4.24. The number of aromatic nitrogens is 1. The minimum atomic E-state index is -0.116. The van der Waals surface area contributed by atoms with E-state index in [1.54, 1.807) is 19.2 Å². The van der Waals surface area contributed by atoms with E-state index in [0.717, 1.165) is 11.4 Å². The minimum absolute atomic E-state index is 0.116. The van der Waals surface area contributed by atoms with Gasteiger partial charge in [-0.2, -0.15) is 0 Å². The summed E-state index contributed by atoms with van der Waals surface area (Å²) in [6, 6.07) is 8.63. The van der Waals surface area contributed by atoms with E-state index < -0.39 is 0 Å². The molecule has 0 bridgehead atoms. The molecule has 0 amide bonds. The third-order valence-electron chi connectivity index (χ3n) is 1.92. The number of halogens is 1. The maximum Gasteiger partial charge on any atom is 0.266 e. The maximum absolute atomic E-state index is 11.5. The maximum atomic E-state index is 11.5. The van der Waals surface area contributed by atoms with E-state index in [-0.39, 0.29) is 5.56 Å². The lowest BCUT2D eigenvalue weighted by Crippen LogP contribution is -2.08. The Kier molecular flexibility index (Phi) is 2.79. The molecule has 78 valence electrons. The van der Waals surface area contributed by atoms with E-state index in [1.807, 2.05) is 12.1 Å². The molecule has 15 heavy (non-hydrogen) atoms. The van der Waals surface area contributed by atoms with Gasteiger partial charge in [-0.15, -0.1) is 0 Å². The predicted molar refractivity (Wildman–Crippen MR) is 61.5 cm³/mol. The summed E-state index contributed by atoms with van der Waals surface area (Å²) in [4.78, 5) is 11.5. The second-order valence-corrected chi connectivity index (χ2v) is 4.49. The van der Waals surface area contributed by atoms with Gasteiger partial charge in [0.2, 0.25) is 0 Å². The lowest BCUT2D eigenvalue weighted by Gasteiger charge is -2.02. The number of benzene rings is 1. The third kappa shape index (κ3) is 2.06. The van der Waals surface area contributed by atoms with E-state index in [2.05, 4.69) is 0 Å². The van der Waals surface area contributed by atoms with Crippen molar-refractivity contribution in [3.05, 3.63) is 45.0 Å². The molecule has 0 atom stereocenters. The van der Waals surface area contributed by atoms with Gasteiger partial charge >= 0.3 is 0 Å². The van der Waals surface area contributed by atoms with Gasteiger partial charge in [0.1, 0.15) is 10.1 Å². The largest absolute Gasteiger partial charge is 0.497 e. The van der Waals surface area contributed by atoms with Crippen molar-refractivity contribution in [2.75, 3.05) is 7.11 Å². The molecule has 0 saturated heterocycles. The highest BCUT2D eigenvalue weighted by Gasteiger charge is 2.04. The first-order valence-corrected chi connectivity index (χ1v) is 5.39. The summed E-state index contributed by atoms with van der Waals surface area (Å²) >= 11 is 6.96. The molecular weight excluding hydrogens is 234 g/mol. The van der Waals surface area contributed by atoms with Crippen LogP contribution in [0.1, 0.15) is 0 Å². The van der Waals surface area contributed by atoms with Crippen molar-refractivity contribution in [2.45, 2.75) is 0 Å². The van der Waals surface area contributed by atoms with E-state index in [1.165, 1.54) is 21.6 Å². The van der Waals surface area contributed by atoms with Gasteiger partial charge in [0.05, 0.1) is 12.8 Å². The third-order valence-corrected chi connectivity index (χ3v) is 3.10. The number of methoxy groups -OCH3 is 1. The lowest BCUT2D eigenvalue weighted by molar-refractivity contribution is 0.415. The summed E-state index contributed by atoms with van der Waals surface area (Å²) in [5.74, 6) is 0.759. The molecule has 1 heterocycles. The molecule has 1 aromatic heterocycles. The van der Waals surface area contributed by atoms with Crippen LogP contribution in [0.5, 0.6) is 5.75 Å². The summed E-state index contributed by atoms with van der Waals surface area (Å²) in [6.07, 6.45) is 0. The molecule has 0 spiro atoms. The van der Waals surface area contributed by atoms with Crippen molar-refractivity contribution >= 4 is 23.1 Å². The van der Waals surface area contributed by atoms with Gasteiger partial charge in [-0.1, -0.05) is 11.6 Å². The topological polar surface area (TPSA) is 31.2 Å². The molecule has 0 aliphatic heterocycles. The molecule has 1 aromatic carbocycles. The number of nitrogens with zero attached hydrogens (tertiary/aromatic N) is 1. The predicted octanol–water partition coefficient (Wildman–Crippen LogP) is 2.56. The molecule has 2 aromatic rings. The molecule has 0 aliphatic carbocycles. The second-order valence-electron chi connectivity index (χ2n) is 2.87. The SMILES string of the molecule is COc1ccc(-n2sc(Cl)cc2=O)cc1. The number of hydrogen-bond donors (Lipinski definition) is 0. The van der Waals surface area contributed by atoms with Crippen LogP contribution in [0.4, 0.5) is 0 Å². The summed E-state index contributed by atoms with van der Waals surface area (Å²) in [5.41, 5.74) is 0.674. The number of hydrogen-bond acceptors (Lipinski definition) is 3. The molecule has 0 N–H and O–H groups in total. The highest BCUT2D eigenvalue weighted by Crippen LogP contribution is 2.19. The molecule has 0 radical (unpaired) electrons. The molecule has 0 unspecified atom stereocenters. The Morgan fingerprint density at radius 3 is 2.47 bits per heavy atom. The quantitative estimate of drug-likeness (QED) is 0.809. The standard InChI is InChI=1S/C10H8ClNO2S/c1-14-8-4-2-7(3-5-8)12-10(13)6-9(11)15-12/h2-6H,1H3. The van der Waals surface area contributed by atoms with E-state index in [4.69, 9.17) is 16.3 Å². The van der Waals surface area contributed by atoms with Gasteiger partial charge in [-0.3, -0.25) is 4.79 Å². The fourth-order valence-electron chi connectivity index (χ4n) is 1.21. The Hall–Kier alpha value is -1.26. The van der Waals surface area contributed by atoms with Gasteiger partial charge in [-0.05, 0) is 35.8 Å². The summed E-state index contributed by atoms with van der Waals surface area (Å²) in [7, 11) is 1.60. The van der Waals surface area contributed by atoms with Crippen LogP contribution in [-0.4, -0.2) is 11.1 Å². The van der Waals surface area contributed by atoms with Crippen molar-refractivity contribution in [3.63, 3.8) is 0 Å². The van der Waals surface area contributed by atoms with Crippen LogP contribution >= 0.6 is 23.1 Å². The highest BCUT2D eigenvalue weighted by atomic mass is 35.5. The van der Waals surface area contributed by atoms with E-state index in [0.29, 0.717) is 4.34 Å². The molecule has 5 heteroatoms. The summed E-state index contributed by atoms with van der Waals surface area (Å²) in [6.45, 7) is 0. The van der Waals surface area contributed by atoms with Gasteiger partial charge in [0.25, 0.3) is 5.56 Å². The summed E-state index contributed by atoms with van der Waals surface area (Å²) < 4.78 is 7.04. The van der Waals surface area contributed by atoms with Crippen molar-refractivity contribution in [3.8, 4) is 11.4 Å². The Labute approximate surface area is 95.6 Å². The monoisotopic (exact) mass is 241 g/mol. The van der Waals surface area contributed by atoms with Gasteiger partial charge in [0, 0.05) is 6.07 Å². The average molecular weight is 242 g/mol. The van der Waals surface area contributed by atoms with Crippen LogP contribution in [0.3, 0.4) is 0 Å². The van der Waals surface area contributed by atoms with Crippen LogP contribution < -0.4 is 10.3 Å². The van der Waals surface area contributed by atoms with Crippen molar-refractivity contribution in [1.29, 1.82) is 0 Å². The molecule has 2 rings (SSSR count). The molecular formula is C10H8ClNO2S. The first kappa shape index (κ1) is 10.3. The van der Waals surface area contributed by atoms with Crippen molar-refractivity contribution < 1.29 is 4.74 Å². The Morgan fingerprint density at radius 2 is 2.00 bits per heavy atom. The zero-order chi connectivity index (χ0) is 10.8. The summed E-state index contributed by atoms with van der Waals surface area (Å²) in [5, 5.41) is 0. The van der Waals surface area contributed by atoms with E-state index in [9.17, 15) is 4.79 Å². The van der Waals surface area contributed by atoms with Crippen LogP contribution in [0.15, 0.2) is 35.1 Å². The van der Waals surface area contributed by atoms with Gasteiger partial charge < -0.3 is 4.74 Å². The lowest BCUT2D eigenvalue weighted by atomic mass is 10.3. The first-order chi connectivity index (χ1) is 7.20. The second kappa shape index (κ2) is 4.08. The molecule has 3 nitrogen and oxygen atoms in total. The minimum Gasteiger partial charge on any atom is -0.497 e. The Morgan fingerprint density at radius 1 is 1.33 bits per heavy atom. The van der Waals surface area contributed by atoms with Crippen LogP contribution in [0.2, 0.25) is 4.34 Å². The smallest absolute Gasteiger partial charge is 0.266 e. The van der Waals surface area contributed by atoms with Crippen LogP contribution in [-0.2, 0) is 0 Å². The molecule has 0 aliphatic rings. The average Bonchev–Trinajstić information content (AvgIpc) is 2.58. The number of rotatable bonds is 2. The number of ether oxygens (including phenoxy) is 1. The van der Waals surface area contributed by atoms with Crippen LogP contribution in [0, 0.1) is 0 Å². The van der Waals surface area contributed by atoms with Gasteiger partial charge in [-0.25, -0.2) is 3.96 Å². The normalized spacial score (nSPS) is 10.3. The fourth-order valence-corrected chi connectivity index (χ4v) is 2.21. The molecule has 0 saturated carbocycles. The van der Waals surface area contributed by atoms with Gasteiger partial charge in [0.15, 0.2) is 0 Å².